The maximum atomic E-state index is 11.9. The first-order chi connectivity index (χ1) is 8.74. The Bertz CT molecular complexity index is 607. The maximum absolute atomic E-state index is 11.9. The smallest absolute Gasteiger partial charge is 0.232 e. The standard InChI is InChI=1S/C15H13NO2/c17-11-5-3-4-10(8-11)9-13-12-6-1-2-7-14(12)16-15(13)18/h1-8,13,17H,9H2,(H,16,18)/t13-/m1/s1. The molecule has 1 amide bonds. The molecule has 0 fully saturated rings. The molecular formula is C15H13NO2. The van der Waals surface area contributed by atoms with Crippen molar-refractivity contribution >= 4 is 11.6 Å². The van der Waals surface area contributed by atoms with Crippen molar-refractivity contribution in [3.8, 4) is 5.75 Å². The zero-order valence-electron chi connectivity index (χ0n) is 9.76. The van der Waals surface area contributed by atoms with Crippen molar-refractivity contribution in [2.75, 3.05) is 5.32 Å². The lowest BCUT2D eigenvalue weighted by Gasteiger charge is -2.09. The van der Waals surface area contributed by atoms with Crippen LogP contribution in [-0.2, 0) is 11.2 Å². The first kappa shape index (κ1) is 10.8. The van der Waals surface area contributed by atoms with Crippen molar-refractivity contribution in [2.45, 2.75) is 12.3 Å². The Labute approximate surface area is 105 Å². The molecule has 0 aromatic heterocycles. The number of benzene rings is 2. The fourth-order valence-corrected chi connectivity index (χ4v) is 2.40. The highest BCUT2D eigenvalue weighted by Gasteiger charge is 2.29. The van der Waals surface area contributed by atoms with E-state index >= 15 is 0 Å². The predicted molar refractivity (Wildman–Crippen MR) is 69.6 cm³/mol. The number of rotatable bonds is 2. The molecule has 0 saturated heterocycles. The van der Waals surface area contributed by atoms with E-state index in [9.17, 15) is 9.90 Å². The van der Waals surface area contributed by atoms with Crippen molar-refractivity contribution in [2.24, 2.45) is 0 Å². The molecule has 0 spiro atoms. The van der Waals surface area contributed by atoms with E-state index < -0.39 is 0 Å². The molecule has 1 heterocycles. The average molecular weight is 239 g/mol. The number of nitrogens with one attached hydrogen (secondary N) is 1. The Kier molecular flexibility index (Phi) is 2.52. The molecule has 0 radical (unpaired) electrons. The molecule has 2 aromatic rings. The van der Waals surface area contributed by atoms with Crippen LogP contribution in [0.5, 0.6) is 5.75 Å². The van der Waals surface area contributed by atoms with E-state index in [1.165, 1.54) is 0 Å². The van der Waals surface area contributed by atoms with Crippen molar-refractivity contribution < 1.29 is 9.90 Å². The molecule has 0 saturated carbocycles. The highest BCUT2D eigenvalue weighted by atomic mass is 16.3. The lowest BCUT2D eigenvalue weighted by Crippen LogP contribution is -2.14. The number of hydrogen-bond donors (Lipinski definition) is 2. The van der Waals surface area contributed by atoms with Crippen LogP contribution in [0.3, 0.4) is 0 Å². The van der Waals surface area contributed by atoms with Gasteiger partial charge in [0, 0.05) is 5.69 Å². The van der Waals surface area contributed by atoms with E-state index in [4.69, 9.17) is 0 Å². The number of aromatic hydroxyl groups is 1. The Morgan fingerprint density at radius 1 is 1.11 bits per heavy atom. The second kappa shape index (κ2) is 4.18. The van der Waals surface area contributed by atoms with Crippen LogP contribution in [0.1, 0.15) is 17.0 Å². The van der Waals surface area contributed by atoms with Crippen molar-refractivity contribution in [1.29, 1.82) is 0 Å². The van der Waals surface area contributed by atoms with Crippen LogP contribution >= 0.6 is 0 Å². The summed E-state index contributed by atoms with van der Waals surface area (Å²) in [6.45, 7) is 0. The number of para-hydroxylation sites is 1. The van der Waals surface area contributed by atoms with Gasteiger partial charge in [-0.05, 0) is 35.7 Å². The molecule has 3 heteroatoms. The van der Waals surface area contributed by atoms with E-state index in [-0.39, 0.29) is 17.6 Å². The van der Waals surface area contributed by atoms with Gasteiger partial charge >= 0.3 is 0 Å². The van der Waals surface area contributed by atoms with Gasteiger partial charge in [-0.2, -0.15) is 0 Å². The van der Waals surface area contributed by atoms with Crippen LogP contribution < -0.4 is 5.32 Å². The lowest BCUT2D eigenvalue weighted by molar-refractivity contribution is -0.117. The quantitative estimate of drug-likeness (QED) is 0.846. The largest absolute Gasteiger partial charge is 0.508 e. The minimum atomic E-state index is -0.164. The monoisotopic (exact) mass is 239 g/mol. The average Bonchev–Trinajstić information content (AvgIpc) is 2.66. The Morgan fingerprint density at radius 2 is 1.94 bits per heavy atom. The Balaban J connectivity index is 1.91. The summed E-state index contributed by atoms with van der Waals surface area (Å²) in [5, 5.41) is 12.3. The van der Waals surface area contributed by atoms with E-state index in [0.29, 0.717) is 6.42 Å². The normalized spacial score (nSPS) is 17.3. The van der Waals surface area contributed by atoms with Crippen molar-refractivity contribution in [1.82, 2.24) is 0 Å². The Morgan fingerprint density at radius 3 is 2.78 bits per heavy atom. The molecule has 18 heavy (non-hydrogen) atoms. The minimum Gasteiger partial charge on any atom is -0.508 e. The molecular weight excluding hydrogens is 226 g/mol. The van der Waals surface area contributed by atoms with Crippen LogP contribution in [0.2, 0.25) is 0 Å². The summed E-state index contributed by atoms with van der Waals surface area (Å²) in [7, 11) is 0. The fraction of sp³-hybridized carbons (Fsp3) is 0.133. The zero-order valence-corrected chi connectivity index (χ0v) is 9.76. The SMILES string of the molecule is O=C1Nc2ccccc2[C@H]1Cc1cccc(O)c1. The van der Waals surface area contributed by atoms with E-state index in [0.717, 1.165) is 16.8 Å². The molecule has 0 unspecified atom stereocenters. The molecule has 0 aliphatic carbocycles. The summed E-state index contributed by atoms with van der Waals surface area (Å²) in [5.41, 5.74) is 2.89. The van der Waals surface area contributed by atoms with Crippen LogP contribution in [0, 0.1) is 0 Å². The van der Waals surface area contributed by atoms with Gasteiger partial charge in [0.25, 0.3) is 0 Å². The lowest BCUT2D eigenvalue weighted by atomic mass is 9.93. The second-order valence-corrected chi connectivity index (χ2v) is 4.50. The maximum Gasteiger partial charge on any atom is 0.232 e. The molecule has 1 aliphatic heterocycles. The third-order valence-corrected chi connectivity index (χ3v) is 3.26. The molecule has 3 rings (SSSR count). The highest BCUT2D eigenvalue weighted by Crippen LogP contribution is 2.34. The Hall–Kier alpha value is -2.29. The summed E-state index contributed by atoms with van der Waals surface area (Å²) >= 11 is 0. The number of fused-ring (bicyclic) bond motifs is 1. The van der Waals surface area contributed by atoms with Crippen LogP contribution in [0.4, 0.5) is 5.69 Å². The van der Waals surface area contributed by atoms with E-state index in [1.54, 1.807) is 18.2 Å². The number of phenols is 1. The molecule has 90 valence electrons. The first-order valence-corrected chi connectivity index (χ1v) is 5.92. The highest BCUT2D eigenvalue weighted by molar-refractivity contribution is 6.03. The van der Waals surface area contributed by atoms with Crippen molar-refractivity contribution in [3.63, 3.8) is 0 Å². The third-order valence-electron chi connectivity index (χ3n) is 3.26. The summed E-state index contributed by atoms with van der Waals surface area (Å²) in [5.74, 6) is 0.0988. The number of anilines is 1. The van der Waals surface area contributed by atoms with Gasteiger partial charge in [0.05, 0.1) is 5.92 Å². The molecule has 0 bridgehead atoms. The summed E-state index contributed by atoms with van der Waals surface area (Å²) in [4.78, 5) is 11.9. The van der Waals surface area contributed by atoms with Gasteiger partial charge in [-0.15, -0.1) is 0 Å². The van der Waals surface area contributed by atoms with E-state index in [1.807, 2.05) is 30.3 Å². The first-order valence-electron chi connectivity index (χ1n) is 5.92. The van der Waals surface area contributed by atoms with Gasteiger partial charge in [0.2, 0.25) is 5.91 Å². The summed E-state index contributed by atoms with van der Waals surface area (Å²) in [6.07, 6.45) is 0.608. The predicted octanol–water partition coefficient (Wildman–Crippen LogP) is 2.67. The summed E-state index contributed by atoms with van der Waals surface area (Å²) < 4.78 is 0. The van der Waals surface area contributed by atoms with Crippen LogP contribution in [0.15, 0.2) is 48.5 Å². The van der Waals surface area contributed by atoms with Crippen LogP contribution in [0.25, 0.3) is 0 Å². The van der Waals surface area contributed by atoms with Gasteiger partial charge in [-0.3, -0.25) is 4.79 Å². The molecule has 3 nitrogen and oxygen atoms in total. The molecule has 2 N–H and O–H groups in total. The van der Waals surface area contributed by atoms with Gasteiger partial charge in [-0.25, -0.2) is 0 Å². The number of carbonyl (C=O) groups is 1. The number of amides is 1. The third kappa shape index (κ3) is 1.84. The number of phenolic OH excluding ortho intramolecular Hbond substituents is 1. The molecule has 1 atom stereocenters. The topological polar surface area (TPSA) is 49.3 Å². The van der Waals surface area contributed by atoms with Gasteiger partial charge < -0.3 is 10.4 Å². The molecule has 2 aromatic carbocycles. The summed E-state index contributed by atoms with van der Waals surface area (Å²) in [6, 6.07) is 14.8. The zero-order chi connectivity index (χ0) is 12.5. The van der Waals surface area contributed by atoms with Gasteiger partial charge in [-0.1, -0.05) is 30.3 Å². The van der Waals surface area contributed by atoms with Gasteiger partial charge in [0.1, 0.15) is 5.75 Å². The van der Waals surface area contributed by atoms with Crippen LogP contribution in [-0.4, -0.2) is 11.0 Å². The van der Waals surface area contributed by atoms with Gasteiger partial charge in [0.15, 0.2) is 0 Å². The fourth-order valence-electron chi connectivity index (χ4n) is 2.40. The second-order valence-electron chi connectivity index (χ2n) is 4.50. The number of carbonyl (C=O) groups excluding carboxylic acids is 1. The van der Waals surface area contributed by atoms with E-state index in [2.05, 4.69) is 5.32 Å². The minimum absolute atomic E-state index is 0.0274. The number of hydrogen-bond acceptors (Lipinski definition) is 2. The van der Waals surface area contributed by atoms with Crippen molar-refractivity contribution in [3.05, 3.63) is 59.7 Å². The molecule has 1 aliphatic rings.